The molecule has 3 rings (SSSR count). The zero-order valence-corrected chi connectivity index (χ0v) is 14.5. The average molecular weight is 324 g/mol. The van der Waals surface area contributed by atoms with Crippen LogP contribution >= 0.6 is 0 Å². The van der Waals surface area contributed by atoms with Crippen LogP contribution in [0.1, 0.15) is 30.9 Å². The van der Waals surface area contributed by atoms with Gasteiger partial charge in [0.1, 0.15) is 5.75 Å². The number of hydrogen-bond donors (Lipinski definition) is 0. The molecule has 1 fully saturated rings. The highest BCUT2D eigenvalue weighted by atomic mass is 16.5. The highest BCUT2D eigenvalue weighted by Crippen LogP contribution is 2.28. The summed E-state index contributed by atoms with van der Waals surface area (Å²) in [5, 5.41) is 0. The molecule has 1 atom stereocenters. The molecule has 1 aromatic carbocycles. The molecule has 1 aromatic heterocycles. The molecular formula is C20H24N2O2. The first-order chi connectivity index (χ1) is 11.5. The lowest BCUT2D eigenvalue weighted by Gasteiger charge is -2.41. The number of benzene rings is 1. The van der Waals surface area contributed by atoms with Crippen LogP contribution in [0.2, 0.25) is 0 Å². The van der Waals surface area contributed by atoms with Crippen molar-refractivity contribution >= 4 is 5.91 Å². The monoisotopic (exact) mass is 324 g/mol. The molecule has 0 radical (unpaired) electrons. The molecule has 24 heavy (non-hydrogen) atoms. The molecule has 4 heteroatoms. The van der Waals surface area contributed by atoms with Gasteiger partial charge in [0.15, 0.2) is 6.10 Å². The number of ether oxygens (including phenoxy) is 1. The minimum Gasteiger partial charge on any atom is -0.480 e. The van der Waals surface area contributed by atoms with E-state index >= 15 is 0 Å². The number of likely N-dealkylation sites (tertiary alicyclic amines) is 1. The third kappa shape index (κ3) is 3.58. The maximum atomic E-state index is 12.8. The number of carbonyl (C=O) groups is 1. The molecule has 0 saturated carbocycles. The van der Waals surface area contributed by atoms with Crippen LogP contribution in [0.3, 0.4) is 0 Å². The van der Waals surface area contributed by atoms with Crippen LogP contribution in [0.25, 0.3) is 0 Å². The Morgan fingerprint density at radius 1 is 1.25 bits per heavy atom. The van der Waals surface area contributed by atoms with Crippen molar-refractivity contribution < 1.29 is 9.53 Å². The maximum absolute atomic E-state index is 12.8. The predicted molar refractivity (Wildman–Crippen MR) is 94.0 cm³/mol. The van der Waals surface area contributed by atoms with E-state index in [9.17, 15) is 4.79 Å². The number of carbonyl (C=O) groups excluding carboxylic acids is 1. The molecular weight excluding hydrogens is 300 g/mol. The van der Waals surface area contributed by atoms with Gasteiger partial charge >= 0.3 is 0 Å². The van der Waals surface area contributed by atoms with E-state index in [1.807, 2.05) is 62.2 Å². The van der Waals surface area contributed by atoms with Crippen LogP contribution in [-0.2, 0) is 4.79 Å². The summed E-state index contributed by atoms with van der Waals surface area (Å²) in [6.45, 7) is 7.55. The number of amides is 1. The largest absolute Gasteiger partial charge is 0.480 e. The van der Waals surface area contributed by atoms with Gasteiger partial charge in [-0.1, -0.05) is 32.0 Å². The number of nitrogens with zero attached hydrogens (tertiary/aromatic N) is 2. The normalized spacial score (nSPS) is 15.9. The number of aryl methyl sites for hydroxylation is 1. The van der Waals surface area contributed by atoms with Crippen molar-refractivity contribution in [2.45, 2.75) is 32.8 Å². The van der Waals surface area contributed by atoms with E-state index in [2.05, 4.69) is 11.1 Å². The third-order valence-electron chi connectivity index (χ3n) is 4.45. The molecule has 126 valence electrons. The average Bonchev–Trinajstić information content (AvgIpc) is 2.52. The van der Waals surface area contributed by atoms with Crippen molar-refractivity contribution in [2.75, 3.05) is 13.1 Å². The summed E-state index contributed by atoms with van der Waals surface area (Å²) in [6.07, 6.45) is 3.22. The Morgan fingerprint density at radius 3 is 2.67 bits per heavy atom. The second-order valence-corrected chi connectivity index (χ2v) is 6.83. The number of aromatic nitrogens is 1. The first kappa shape index (κ1) is 16.5. The summed E-state index contributed by atoms with van der Waals surface area (Å²) in [6, 6.07) is 11.9. The van der Waals surface area contributed by atoms with Crippen molar-refractivity contribution in [3.05, 3.63) is 59.9 Å². The summed E-state index contributed by atoms with van der Waals surface area (Å²) < 4.78 is 6.01. The smallest absolute Gasteiger partial charge is 0.263 e. The van der Waals surface area contributed by atoms with Crippen molar-refractivity contribution in [1.29, 1.82) is 0 Å². The Kier molecular flexibility index (Phi) is 4.84. The first-order valence-corrected chi connectivity index (χ1v) is 8.46. The molecule has 0 aliphatic carbocycles. The summed E-state index contributed by atoms with van der Waals surface area (Å²) >= 11 is 0. The van der Waals surface area contributed by atoms with E-state index in [0.29, 0.717) is 5.92 Å². The van der Waals surface area contributed by atoms with Gasteiger partial charge in [0.25, 0.3) is 5.91 Å². The van der Waals surface area contributed by atoms with Crippen LogP contribution in [0.15, 0.2) is 48.8 Å². The summed E-state index contributed by atoms with van der Waals surface area (Å²) in [5.41, 5.74) is 2.32. The lowest BCUT2D eigenvalue weighted by atomic mass is 9.91. The quantitative estimate of drug-likeness (QED) is 0.846. The lowest BCUT2D eigenvalue weighted by Crippen LogP contribution is -2.54. The molecule has 1 aliphatic heterocycles. The van der Waals surface area contributed by atoms with Crippen molar-refractivity contribution in [3.63, 3.8) is 0 Å². The fourth-order valence-electron chi connectivity index (χ4n) is 2.97. The van der Waals surface area contributed by atoms with E-state index < -0.39 is 6.10 Å². The van der Waals surface area contributed by atoms with Crippen LogP contribution in [0.4, 0.5) is 0 Å². The second kappa shape index (κ2) is 7.04. The molecule has 1 aliphatic rings. The summed E-state index contributed by atoms with van der Waals surface area (Å²) in [4.78, 5) is 18.9. The summed E-state index contributed by atoms with van der Waals surface area (Å²) in [5.74, 6) is 1.34. The minimum atomic E-state index is -0.443. The summed E-state index contributed by atoms with van der Waals surface area (Å²) in [7, 11) is 0. The molecule has 0 spiro atoms. The standard InChI is InChI=1S/C20H24N2O2/c1-14(2)19(24-18-8-4-6-15(3)10-18)20(23)22-12-17(13-22)16-7-5-9-21-11-16/h4-11,14,17,19H,12-13H2,1-3H3/t19-/m0/s1. The third-order valence-corrected chi connectivity index (χ3v) is 4.45. The fourth-order valence-corrected chi connectivity index (χ4v) is 2.97. The minimum absolute atomic E-state index is 0.0756. The second-order valence-electron chi connectivity index (χ2n) is 6.83. The Balaban J connectivity index is 1.64. The molecule has 0 unspecified atom stereocenters. The van der Waals surface area contributed by atoms with Gasteiger partial charge in [-0.15, -0.1) is 0 Å². The van der Waals surface area contributed by atoms with E-state index in [4.69, 9.17) is 4.74 Å². The Morgan fingerprint density at radius 2 is 2.04 bits per heavy atom. The molecule has 4 nitrogen and oxygen atoms in total. The van der Waals surface area contributed by atoms with Gasteiger partial charge in [-0.05, 0) is 42.2 Å². The lowest BCUT2D eigenvalue weighted by molar-refractivity contribution is -0.145. The van der Waals surface area contributed by atoms with Crippen LogP contribution in [0, 0.1) is 12.8 Å². The number of rotatable bonds is 5. The fraction of sp³-hybridized carbons (Fsp3) is 0.400. The van der Waals surface area contributed by atoms with E-state index in [0.717, 1.165) is 24.4 Å². The van der Waals surface area contributed by atoms with Crippen molar-refractivity contribution in [1.82, 2.24) is 9.88 Å². The van der Waals surface area contributed by atoms with Gasteiger partial charge < -0.3 is 9.64 Å². The zero-order chi connectivity index (χ0) is 17.1. The molecule has 1 saturated heterocycles. The van der Waals surface area contributed by atoms with Gasteiger partial charge in [-0.3, -0.25) is 9.78 Å². The first-order valence-electron chi connectivity index (χ1n) is 8.46. The van der Waals surface area contributed by atoms with Crippen LogP contribution in [0.5, 0.6) is 5.75 Å². The number of hydrogen-bond acceptors (Lipinski definition) is 3. The predicted octanol–water partition coefficient (Wildman–Crippen LogP) is 3.42. The van der Waals surface area contributed by atoms with Gasteiger partial charge in [-0.2, -0.15) is 0 Å². The van der Waals surface area contributed by atoms with Crippen LogP contribution < -0.4 is 4.74 Å². The SMILES string of the molecule is Cc1cccc(O[C@H](C(=O)N2CC(c3cccnc3)C2)C(C)C)c1. The zero-order valence-electron chi connectivity index (χ0n) is 14.5. The van der Waals surface area contributed by atoms with E-state index in [-0.39, 0.29) is 11.8 Å². The van der Waals surface area contributed by atoms with E-state index in [1.54, 1.807) is 6.20 Å². The molecule has 2 aromatic rings. The number of pyridine rings is 1. The van der Waals surface area contributed by atoms with Gasteiger partial charge in [-0.25, -0.2) is 0 Å². The Hall–Kier alpha value is -2.36. The topological polar surface area (TPSA) is 42.4 Å². The van der Waals surface area contributed by atoms with Crippen LogP contribution in [-0.4, -0.2) is 35.0 Å². The molecule has 2 heterocycles. The Bertz CT molecular complexity index is 694. The highest BCUT2D eigenvalue weighted by molar-refractivity contribution is 5.82. The van der Waals surface area contributed by atoms with Gasteiger partial charge in [0, 0.05) is 31.4 Å². The molecule has 0 N–H and O–H groups in total. The van der Waals surface area contributed by atoms with Crippen molar-refractivity contribution in [3.8, 4) is 5.75 Å². The molecule has 0 bridgehead atoms. The van der Waals surface area contributed by atoms with Crippen molar-refractivity contribution in [2.24, 2.45) is 5.92 Å². The van der Waals surface area contributed by atoms with Gasteiger partial charge in [0.2, 0.25) is 0 Å². The van der Waals surface area contributed by atoms with E-state index in [1.165, 1.54) is 5.56 Å². The molecule has 1 amide bonds. The van der Waals surface area contributed by atoms with Gasteiger partial charge in [0.05, 0.1) is 0 Å². The maximum Gasteiger partial charge on any atom is 0.263 e. The Labute approximate surface area is 143 Å². The highest BCUT2D eigenvalue weighted by Gasteiger charge is 2.37.